The zero-order chi connectivity index (χ0) is 14.5. The van der Waals surface area contributed by atoms with Crippen LogP contribution in [0.2, 0.25) is 0 Å². The van der Waals surface area contributed by atoms with E-state index in [1.807, 2.05) is 0 Å². The molecule has 0 saturated carbocycles. The predicted molar refractivity (Wildman–Crippen MR) is 69.6 cm³/mol. The Morgan fingerprint density at radius 3 is 2.84 bits per heavy atom. The number of hydrogen-bond acceptors (Lipinski definition) is 5. The van der Waals surface area contributed by atoms with Gasteiger partial charge in [-0.25, -0.2) is 4.72 Å². The van der Waals surface area contributed by atoms with E-state index in [-0.39, 0.29) is 13.2 Å². The predicted octanol–water partition coefficient (Wildman–Crippen LogP) is -0.381. The third-order valence-corrected chi connectivity index (χ3v) is 4.54. The highest BCUT2D eigenvalue weighted by Gasteiger charge is 2.39. The summed E-state index contributed by atoms with van der Waals surface area (Å²) in [7, 11) is -3.70. The van der Waals surface area contributed by atoms with Crippen LogP contribution in [-0.4, -0.2) is 55.6 Å². The van der Waals surface area contributed by atoms with Crippen LogP contribution in [0.3, 0.4) is 0 Å². The largest absolute Gasteiger partial charge is 0.465 e. The molecule has 2 N–H and O–H groups in total. The van der Waals surface area contributed by atoms with Crippen LogP contribution in [0.4, 0.5) is 0 Å². The maximum absolute atomic E-state index is 12.1. The molecule has 0 amide bonds. The Balaban J connectivity index is 2.63. The van der Waals surface area contributed by atoms with Crippen molar-refractivity contribution in [3.8, 4) is 0 Å². The molecule has 1 saturated heterocycles. The van der Waals surface area contributed by atoms with Gasteiger partial charge in [-0.15, -0.1) is 0 Å². The van der Waals surface area contributed by atoms with Gasteiger partial charge in [0, 0.05) is 13.1 Å². The van der Waals surface area contributed by atoms with E-state index < -0.39 is 28.3 Å². The minimum Gasteiger partial charge on any atom is -0.465 e. The van der Waals surface area contributed by atoms with E-state index >= 15 is 0 Å². The van der Waals surface area contributed by atoms with E-state index in [4.69, 9.17) is 9.84 Å². The third-order valence-electron chi connectivity index (χ3n) is 2.92. The van der Waals surface area contributed by atoms with Gasteiger partial charge in [-0.05, 0) is 33.1 Å². The lowest BCUT2D eigenvalue weighted by atomic mass is 10.2. The molecule has 0 aromatic heterocycles. The summed E-state index contributed by atoms with van der Waals surface area (Å²) >= 11 is 0. The van der Waals surface area contributed by atoms with Crippen molar-refractivity contribution in [3.63, 3.8) is 0 Å². The number of rotatable bonds is 7. The molecule has 0 aliphatic carbocycles. The summed E-state index contributed by atoms with van der Waals surface area (Å²) in [5, 5.41) is 9.10. The fourth-order valence-corrected chi connectivity index (χ4v) is 3.42. The molecule has 0 spiro atoms. The maximum atomic E-state index is 12.1. The Hall–Kier alpha value is -0.700. The van der Waals surface area contributed by atoms with E-state index in [1.54, 1.807) is 13.8 Å². The highest BCUT2D eigenvalue weighted by molar-refractivity contribution is 7.87. The fraction of sp³-hybridized carbons (Fsp3) is 0.909. The molecule has 2 unspecified atom stereocenters. The molecular weight excluding hydrogens is 272 g/mol. The van der Waals surface area contributed by atoms with Crippen molar-refractivity contribution in [2.75, 3.05) is 19.7 Å². The number of nitrogens with one attached hydrogen (secondary N) is 1. The van der Waals surface area contributed by atoms with Crippen molar-refractivity contribution in [1.82, 2.24) is 9.03 Å². The lowest BCUT2D eigenvalue weighted by molar-refractivity contribution is -0.146. The monoisotopic (exact) mass is 294 g/mol. The number of aliphatic hydroxyl groups excluding tert-OH is 1. The normalized spacial score (nSPS) is 22.4. The summed E-state index contributed by atoms with van der Waals surface area (Å²) in [6.07, 6.45) is 0.885. The molecule has 0 aromatic rings. The van der Waals surface area contributed by atoms with Crippen LogP contribution in [0.5, 0.6) is 0 Å². The van der Waals surface area contributed by atoms with E-state index in [9.17, 15) is 13.2 Å². The molecule has 1 aliphatic heterocycles. The first-order chi connectivity index (χ1) is 8.88. The first kappa shape index (κ1) is 16.4. The van der Waals surface area contributed by atoms with Crippen LogP contribution in [0.25, 0.3) is 0 Å². The first-order valence-electron chi connectivity index (χ1n) is 6.49. The lowest BCUT2D eigenvalue weighted by Crippen LogP contribution is -2.47. The Bertz CT molecular complexity index is 396. The topological polar surface area (TPSA) is 95.9 Å². The van der Waals surface area contributed by atoms with Crippen LogP contribution in [0.1, 0.15) is 33.1 Å². The Kier molecular flexibility index (Phi) is 6.18. The van der Waals surface area contributed by atoms with Crippen LogP contribution in [-0.2, 0) is 19.7 Å². The Morgan fingerprint density at radius 1 is 1.58 bits per heavy atom. The number of esters is 1. The molecule has 1 aliphatic rings. The molecule has 0 aromatic carbocycles. The second-order valence-electron chi connectivity index (χ2n) is 4.56. The first-order valence-corrected chi connectivity index (χ1v) is 7.93. The molecular formula is C11H22N2O5S. The molecule has 0 radical (unpaired) electrons. The number of ether oxygens (including phenoxy) is 1. The van der Waals surface area contributed by atoms with Gasteiger partial charge in [0.1, 0.15) is 6.04 Å². The second-order valence-corrected chi connectivity index (χ2v) is 6.27. The maximum Gasteiger partial charge on any atom is 0.324 e. The van der Waals surface area contributed by atoms with Gasteiger partial charge in [-0.1, -0.05) is 0 Å². The summed E-state index contributed by atoms with van der Waals surface area (Å²) in [6.45, 7) is 3.97. The number of nitrogens with zero attached hydrogens (tertiary/aromatic N) is 1. The van der Waals surface area contributed by atoms with E-state index in [1.165, 1.54) is 0 Å². The molecule has 1 fully saturated rings. The lowest BCUT2D eigenvalue weighted by Gasteiger charge is -2.22. The molecule has 0 bridgehead atoms. The SMILES string of the molecule is CCOC(=O)C1CCCN1S(=O)(=O)NCCC(C)O. The van der Waals surface area contributed by atoms with E-state index in [0.717, 1.165) is 4.31 Å². The minimum atomic E-state index is -3.70. The number of carbonyl (C=O) groups excluding carboxylic acids is 1. The molecule has 8 heteroatoms. The van der Waals surface area contributed by atoms with Gasteiger partial charge < -0.3 is 9.84 Å². The smallest absolute Gasteiger partial charge is 0.324 e. The summed E-state index contributed by atoms with van der Waals surface area (Å²) in [4.78, 5) is 11.7. The average Bonchev–Trinajstić information content (AvgIpc) is 2.78. The molecule has 2 atom stereocenters. The van der Waals surface area contributed by atoms with Crippen molar-refractivity contribution in [2.45, 2.75) is 45.3 Å². The standard InChI is InChI=1S/C11H22N2O5S/c1-3-18-11(15)10-5-4-8-13(10)19(16,17)12-7-6-9(2)14/h9-10,12,14H,3-8H2,1-2H3. The van der Waals surface area contributed by atoms with Gasteiger partial charge in [0.15, 0.2) is 0 Å². The van der Waals surface area contributed by atoms with Crippen molar-refractivity contribution < 1.29 is 23.1 Å². The highest BCUT2D eigenvalue weighted by Crippen LogP contribution is 2.21. The van der Waals surface area contributed by atoms with Crippen LogP contribution in [0, 0.1) is 0 Å². The fourth-order valence-electron chi connectivity index (χ4n) is 1.98. The van der Waals surface area contributed by atoms with Crippen LogP contribution < -0.4 is 4.72 Å². The molecule has 1 heterocycles. The Labute approximate surface area is 114 Å². The minimum absolute atomic E-state index is 0.145. The number of aliphatic hydroxyl groups is 1. The summed E-state index contributed by atoms with van der Waals surface area (Å²) in [6, 6.07) is -0.732. The molecule has 112 valence electrons. The second kappa shape index (κ2) is 7.18. The van der Waals surface area contributed by atoms with Crippen molar-refractivity contribution >= 4 is 16.2 Å². The number of hydrogen-bond donors (Lipinski definition) is 2. The van der Waals surface area contributed by atoms with Gasteiger partial charge >= 0.3 is 5.97 Å². The highest BCUT2D eigenvalue weighted by atomic mass is 32.2. The van der Waals surface area contributed by atoms with Crippen molar-refractivity contribution in [3.05, 3.63) is 0 Å². The van der Waals surface area contributed by atoms with E-state index in [2.05, 4.69) is 4.72 Å². The average molecular weight is 294 g/mol. The van der Waals surface area contributed by atoms with Gasteiger partial charge in [0.25, 0.3) is 10.2 Å². The zero-order valence-electron chi connectivity index (χ0n) is 11.3. The third kappa shape index (κ3) is 4.72. The Morgan fingerprint density at radius 2 is 2.26 bits per heavy atom. The van der Waals surface area contributed by atoms with Crippen LogP contribution >= 0.6 is 0 Å². The van der Waals surface area contributed by atoms with E-state index in [0.29, 0.717) is 25.8 Å². The molecule has 7 nitrogen and oxygen atoms in total. The van der Waals surface area contributed by atoms with Crippen molar-refractivity contribution in [1.29, 1.82) is 0 Å². The van der Waals surface area contributed by atoms with Gasteiger partial charge in [0.2, 0.25) is 0 Å². The van der Waals surface area contributed by atoms with Crippen molar-refractivity contribution in [2.24, 2.45) is 0 Å². The quantitative estimate of drug-likeness (QED) is 0.624. The molecule has 1 rings (SSSR count). The molecule has 19 heavy (non-hydrogen) atoms. The van der Waals surface area contributed by atoms with Gasteiger partial charge in [-0.3, -0.25) is 4.79 Å². The summed E-state index contributed by atoms with van der Waals surface area (Å²) < 4.78 is 32.5. The summed E-state index contributed by atoms with van der Waals surface area (Å²) in [5.41, 5.74) is 0. The number of carbonyl (C=O) groups is 1. The van der Waals surface area contributed by atoms with Gasteiger partial charge in [-0.2, -0.15) is 12.7 Å². The zero-order valence-corrected chi connectivity index (χ0v) is 12.1. The van der Waals surface area contributed by atoms with Crippen LogP contribution in [0.15, 0.2) is 0 Å². The van der Waals surface area contributed by atoms with Gasteiger partial charge in [0.05, 0.1) is 12.7 Å². The summed E-state index contributed by atoms with van der Waals surface area (Å²) in [5.74, 6) is -0.499.